The average Bonchev–Trinajstić information content (AvgIpc) is 3.53. The van der Waals surface area contributed by atoms with Crippen LogP contribution in [0.25, 0.3) is 11.2 Å². The highest BCUT2D eigenvalue weighted by atomic mass is 19.4. The number of nitrogens with zero attached hydrogens (tertiary/aromatic N) is 5. The summed E-state index contributed by atoms with van der Waals surface area (Å²) in [6, 6.07) is 5.57. The van der Waals surface area contributed by atoms with Gasteiger partial charge in [-0.2, -0.15) is 23.1 Å². The van der Waals surface area contributed by atoms with E-state index in [1.807, 2.05) is 4.57 Å². The van der Waals surface area contributed by atoms with Crippen LogP contribution in [0, 0.1) is 0 Å². The number of rotatable bonds is 8. The Morgan fingerprint density at radius 2 is 1.82 bits per heavy atom. The summed E-state index contributed by atoms with van der Waals surface area (Å²) in [6.45, 7) is 5.25. The highest BCUT2D eigenvalue weighted by Crippen LogP contribution is 2.30. The average molecular weight is 461 g/mol. The van der Waals surface area contributed by atoms with E-state index in [9.17, 15) is 13.2 Å². The lowest BCUT2D eigenvalue weighted by Gasteiger charge is -2.26. The van der Waals surface area contributed by atoms with E-state index in [0.717, 1.165) is 63.4 Å². The minimum absolute atomic E-state index is 0.363. The molecule has 0 atom stereocenters. The van der Waals surface area contributed by atoms with Crippen molar-refractivity contribution in [2.75, 3.05) is 50.0 Å². The van der Waals surface area contributed by atoms with Gasteiger partial charge in [0.2, 0.25) is 5.95 Å². The molecule has 0 amide bonds. The van der Waals surface area contributed by atoms with E-state index in [2.05, 4.69) is 30.5 Å². The minimum atomic E-state index is -4.35. The fourth-order valence-corrected chi connectivity index (χ4v) is 3.81. The smallest absolute Gasteiger partial charge is 0.379 e. The van der Waals surface area contributed by atoms with E-state index in [1.165, 1.54) is 12.1 Å². The van der Waals surface area contributed by atoms with E-state index >= 15 is 0 Å². The number of fused-ring (bicyclic) bond motifs is 1. The molecule has 2 aliphatic rings. The zero-order valence-electron chi connectivity index (χ0n) is 18.1. The molecule has 0 spiro atoms. The zero-order chi connectivity index (χ0) is 22.8. The van der Waals surface area contributed by atoms with Gasteiger partial charge in [0.1, 0.15) is 0 Å². The van der Waals surface area contributed by atoms with Gasteiger partial charge in [-0.3, -0.25) is 4.90 Å². The van der Waals surface area contributed by atoms with Crippen LogP contribution in [0.1, 0.15) is 24.0 Å². The van der Waals surface area contributed by atoms with Crippen LogP contribution in [0.15, 0.2) is 30.6 Å². The van der Waals surface area contributed by atoms with Gasteiger partial charge < -0.3 is 19.9 Å². The number of anilines is 2. The van der Waals surface area contributed by atoms with E-state index in [0.29, 0.717) is 42.1 Å². The Bertz CT molecular complexity index is 1090. The number of aromatic nitrogens is 4. The molecule has 2 N–H and O–H groups in total. The Morgan fingerprint density at radius 3 is 2.52 bits per heavy atom. The summed E-state index contributed by atoms with van der Waals surface area (Å²) in [6.07, 6.45) is -0.500. The molecule has 1 aliphatic carbocycles. The lowest BCUT2D eigenvalue weighted by Crippen LogP contribution is -2.39. The van der Waals surface area contributed by atoms with Crippen LogP contribution in [0.3, 0.4) is 0 Å². The van der Waals surface area contributed by atoms with Crippen LogP contribution in [-0.4, -0.2) is 69.9 Å². The summed E-state index contributed by atoms with van der Waals surface area (Å²) in [7, 11) is 0. The van der Waals surface area contributed by atoms with Gasteiger partial charge >= 0.3 is 6.18 Å². The maximum Gasteiger partial charge on any atom is 0.416 e. The van der Waals surface area contributed by atoms with Gasteiger partial charge in [-0.1, -0.05) is 12.1 Å². The fourth-order valence-electron chi connectivity index (χ4n) is 3.81. The van der Waals surface area contributed by atoms with Crippen molar-refractivity contribution >= 4 is 22.9 Å². The molecule has 3 heterocycles. The molecule has 2 aromatic heterocycles. The van der Waals surface area contributed by atoms with Crippen LogP contribution < -0.4 is 10.6 Å². The highest BCUT2D eigenvalue weighted by molar-refractivity contribution is 5.84. The van der Waals surface area contributed by atoms with Crippen LogP contribution in [0.2, 0.25) is 0 Å². The highest BCUT2D eigenvalue weighted by Gasteiger charge is 2.30. The van der Waals surface area contributed by atoms with Crippen molar-refractivity contribution in [3.8, 4) is 0 Å². The molecule has 0 radical (unpaired) electrons. The third kappa shape index (κ3) is 5.36. The summed E-state index contributed by atoms with van der Waals surface area (Å²) in [4.78, 5) is 16.1. The van der Waals surface area contributed by atoms with Gasteiger partial charge in [0.15, 0.2) is 17.0 Å². The third-order valence-electron chi connectivity index (χ3n) is 5.83. The maximum atomic E-state index is 12.9. The summed E-state index contributed by atoms with van der Waals surface area (Å²) >= 11 is 0. The van der Waals surface area contributed by atoms with E-state index in [-0.39, 0.29) is 0 Å². The lowest BCUT2D eigenvalue weighted by atomic mass is 10.1. The monoisotopic (exact) mass is 461 g/mol. The number of morpholine rings is 1. The Morgan fingerprint density at radius 1 is 1.06 bits per heavy atom. The molecule has 176 valence electrons. The van der Waals surface area contributed by atoms with Crippen molar-refractivity contribution in [3.63, 3.8) is 0 Å². The Hall–Kier alpha value is -2.92. The van der Waals surface area contributed by atoms with Crippen LogP contribution in [-0.2, 0) is 17.5 Å². The maximum absolute atomic E-state index is 12.9. The molecule has 1 saturated carbocycles. The van der Waals surface area contributed by atoms with Crippen molar-refractivity contribution < 1.29 is 17.9 Å². The largest absolute Gasteiger partial charge is 0.416 e. The van der Waals surface area contributed by atoms with Crippen molar-refractivity contribution in [3.05, 3.63) is 41.7 Å². The van der Waals surface area contributed by atoms with Gasteiger partial charge in [-0.15, -0.1) is 0 Å². The van der Waals surface area contributed by atoms with Crippen molar-refractivity contribution in [1.82, 2.24) is 24.4 Å². The van der Waals surface area contributed by atoms with Crippen molar-refractivity contribution in [2.24, 2.45) is 0 Å². The van der Waals surface area contributed by atoms with E-state index < -0.39 is 11.7 Å². The first kappa shape index (κ1) is 21.9. The molecular formula is C22H26F3N7O. The number of benzene rings is 1. The zero-order valence-corrected chi connectivity index (χ0v) is 18.1. The quantitative estimate of drug-likeness (QED) is 0.533. The van der Waals surface area contributed by atoms with Crippen molar-refractivity contribution in [1.29, 1.82) is 0 Å². The fraction of sp³-hybridized carbons (Fsp3) is 0.500. The first-order valence-electron chi connectivity index (χ1n) is 11.2. The summed E-state index contributed by atoms with van der Waals surface area (Å²) in [5, 5.41) is 6.73. The molecule has 11 heteroatoms. The number of imidazole rings is 1. The lowest BCUT2D eigenvalue weighted by molar-refractivity contribution is -0.137. The SMILES string of the molecule is FC(F)(F)c1ccc(Cn2cnc3c(NC4CC4)nc(NCCN4CCOCC4)nc32)cc1. The molecule has 2 fully saturated rings. The Balaban J connectivity index is 1.35. The second-order valence-electron chi connectivity index (χ2n) is 8.43. The summed E-state index contributed by atoms with van der Waals surface area (Å²) < 4.78 is 45.8. The molecule has 1 aromatic carbocycles. The molecule has 0 bridgehead atoms. The Kier molecular flexibility index (Phi) is 6.07. The summed E-state index contributed by atoms with van der Waals surface area (Å²) in [5.74, 6) is 1.19. The normalized spacial score (nSPS) is 17.4. The Labute approximate surface area is 189 Å². The summed E-state index contributed by atoms with van der Waals surface area (Å²) in [5.41, 5.74) is 1.38. The van der Waals surface area contributed by atoms with Crippen LogP contribution >= 0.6 is 0 Å². The third-order valence-corrected chi connectivity index (χ3v) is 5.83. The van der Waals surface area contributed by atoms with E-state index in [1.54, 1.807) is 6.33 Å². The number of hydrogen-bond acceptors (Lipinski definition) is 7. The number of nitrogens with one attached hydrogen (secondary N) is 2. The van der Waals surface area contributed by atoms with Crippen LogP contribution in [0.4, 0.5) is 24.9 Å². The topological polar surface area (TPSA) is 80.1 Å². The number of halogens is 3. The molecule has 8 nitrogen and oxygen atoms in total. The predicted molar refractivity (Wildman–Crippen MR) is 118 cm³/mol. The number of hydrogen-bond donors (Lipinski definition) is 2. The van der Waals surface area contributed by atoms with Gasteiger partial charge in [0, 0.05) is 32.2 Å². The van der Waals surface area contributed by atoms with Gasteiger partial charge in [0.25, 0.3) is 0 Å². The second kappa shape index (κ2) is 9.14. The molecule has 1 saturated heterocycles. The molecular weight excluding hydrogens is 435 g/mol. The van der Waals surface area contributed by atoms with Gasteiger partial charge in [0.05, 0.1) is 31.6 Å². The minimum Gasteiger partial charge on any atom is -0.379 e. The molecule has 0 unspecified atom stereocenters. The first-order valence-corrected chi connectivity index (χ1v) is 11.2. The number of ether oxygens (including phenoxy) is 1. The van der Waals surface area contributed by atoms with Gasteiger partial charge in [-0.25, -0.2) is 4.98 Å². The van der Waals surface area contributed by atoms with Crippen LogP contribution in [0.5, 0.6) is 0 Å². The molecule has 3 aromatic rings. The molecule has 1 aliphatic heterocycles. The van der Waals surface area contributed by atoms with Crippen molar-refractivity contribution in [2.45, 2.75) is 31.6 Å². The van der Waals surface area contributed by atoms with E-state index in [4.69, 9.17) is 4.74 Å². The second-order valence-corrected chi connectivity index (χ2v) is 8.43. The predicted octanol–water partition coefficient (Wildman–Crippen LogP) is 3.21. The molecule has 5 rings (SSSR count). The first-order chi connectivity index (χ1) is 16.0. The van der Waals surface area contributed by atoms with Gasteiger partial charge in [-0.05, 0) is 30.5 Å². The molecule has 33 heavy (non-hydrogen) atoms. The number of alkyl halides is 3. The standard InChI is InChI=1S/C22H26F3N7O/c23-22(24,25)16-3-1-15(2-4-16)13-32-14-27-18-19(28-17-5-6-17)29-21(30-20(18)32)26-7-8-31-9-11-33-12-10-31/h1-4,14,17H,5-13H2,(H2,26,28,29,30).